The van der Waals surface area contributed by atoms with Crippen molar-refractivity contribution in [3.63, 3.8) is 0 Å². The average molecular weight is 458 g/mol. The fraction of sp³-hybridized carbons (Fsp3) is 0.318. The topological polar surface area (TPSA) is 65.7 Å². The monoisotopic (exact) mass is 457 g/mol. The van der Waals surface area contributed by atoms with E-state index in [9.17, 15) is 4.79 Å². The van der Waals surface area contributed by atoms with Gasteiger partial charge in [-0.15, -0.1) is 0 Å². The van der Waals surface area contributed by atoms with Crippen LogP contribution in [0.2, 0.25) is 0 Å². The number of nitrogens with zero attached hydrogens (tertiary/aromatic N) is 3. The molecule has 3 rings (SSSR count). The molecule has 6 nitrogen and oxygen atoms in total. The summed E-state index contributed by atoms with van der Waals surface area (Å²) in [6, 6.07) is 9.21. The number of methoxy groups -OCH3 is 2. The summed E-state index contributed by atoms with van der Waals surface area (Å²) >= 11 is 3.43. The molecule has 0 aliphatic heterocycles. The molecule has 0 aliphatic rings. The zero-order valence-electron chi connectivity index (χ0n) is 17.2. The lowest BCUT2D eigenvalue weighted by molar-refractivity contribution is 0.388. The Balaban J connectivity index is 2.20. The van der Waals surface area contributed by atoms with Crippen molar-refractivity contribution < 1.29 is 9.47 Å². The first kappa shape index (κ1) is 21.0. The van der Waals surface area contributed by atoms with E-state index in [-0.39, 0.29) is 11.5 Å². The van der Waals surface area contributed by atoms with Crippen molar-refractivity contribution in [2.24, 2.45) is 5.10 Å². The third-order valence-corrected chi connectivity index (χ3v) is 5.50. The van der Waals surface area contributed by atoms with Crippen molar-refractivity contribution >= 4 is 33.0 Å². The van der Waals surface area contributed by atoms with Crippen LogP contribution in [0.4, 0.5) is 0 Å². The number of halogens is 1. The van der Waals surface area contributed by atoms with Crippen LogP contribution in [-0.2, 0) is 0 Å². The molecule has 0 N–H and O–H groups in total. The van der Waals surface area contributed by atoms with Gasteiger partial charge in [0.15, 0.2) is 0 Å². The first-order valence-corrected chi connectivity index (χ1v) is 10.2. The third-order valence-electron chi connectivity index (χ3n) is 5.01. The van der Waals surface area contributed by atoms with E-state index in [1.807, 2.05) is 38.1 Å². The first-order chi connectivity index (χ1) is 13.9. The van der Waals surface area contributed by atoms with E-state index >= 15 is 0 Å². The molecule has 2 aromatic carbocycles. The molecule has 0 bridgehead atoms. The summed E-state index contributed by atoms with van der Waals surface area (Å²) in [6.07, 6.45) is 2.47. The van der Waals surface area contributed by atoms with Crippen LogP contribution < -0.4 is 15.0 Å². The summed E-state index contributed by atoms with van der Waals surface area (Å²) in [7, 11) is 3.22. The van der Waals surface area contributed by atoms with Gasteiger partial charge in [-0.2, -0.15) is 9.78 Å². The Labute approximate surface area is 178 Å². The zero-order valence-corrected chi connectivity index (χ0v) is 18.8. The highest BCUT2D eigenvalue weighted by molar-refractivity contribution is 9.10. The van der Waals surface area contributed by atoms with Crippen molar-refractivity contribution in [1.82, 2.24) is 9.66 Å². The average Bonchev–Trinajstić information content (AvgIpc) is 2.72. The predicted octanol–water partition coefficient (Wildman–Crippen LogP) is 4.88. The number of ether oxygens (including phenoxy) is 2. The van der Waals surface area contributed by atoms with Crippen molar-refractivity contribution in [1.29, 1.82) is 0 Å². The van der Waals surface area contributed by atoms with Crippen molar-refractivity contribution in [3.05, 3.63) is 62.1 Å². The molecule has 0 unspecified atom stereocenters. The molecule has 0 amide bonds. The molecule has 29 heavy (non-hydrogen) atoms. The van der Waals surface area contributed by atoms with Gasteiger partial charge in [0.05, 0.1) is 31.3 Å². The minimum atomic E-state index is -0.202. The molecule has 1 atom stereocenters. The minimum Gasteiger partial charge on any atom is -0.496 e. The smallest absolute Gasteiger partial charge is 0.282 e. The fourth-order valence-electron chi connectivity index (χ4n) is 3.19. The molecule has 1 aromatic heterocycles. The molecule has 3 aromatic rings. The Morgan fingerprint density at radius 1 is 1.24 bits per heavy atom. The number of rotatable bonds is 6. The molecular weight excluding hydrogens is 434 g/mol. The van der Waals surface area contributed by atoms with E-state index in [0.717, 1.165) is 27.8 Å². The second-order valence-electron chi connectivity index (χ2n) is 6.82. The second-order valence-corrected chi connectivity index (χ2v) is 7.73. The predicted molar refractivity (Wildman–Crippen MR) is 120 cm³/mol. The lowest BCUT2D eigenvalue weighted by Crippen LogP contribution is -2.23. The first-order valence-electron chi connectivity index (χ1n) is 9.39. The normalized spacial score (nSPS) is 12.5. The van der Waals surface area contributed by atoms with Crippen LogP contribution in [-0.4, -0.2) is 30.1 Å². The highest BCUT2D eigenvalue weighted by Gasteiger charge is 2.16. The number of fused-ring (bicyclic) bond motifs is 1. The van der Waals surface area contributed by atoms with Gasteiger partial charge in [-0.3, -0.25) is 4.79 Å². The molecule has 0 spiro atoms. The van der Waals surface area contributed by atoms with Gasteiger partial charge >= 0.3 is 0 Å². The maximum Gasteiger partial charge on any atom is 0.282 e. The van der Waals surface area contributed by atoms with Crippen LogP contribution in [0.1, 0.15) is 43.1 Å². The molecule has 0 saturated carbocycles. The molecule has 7 heteroatoms. The van der Waals surface area contributed by atoms with Gasteiger partial charge in [0.2, 0.25) is 0 Å². The molecule has 0 radical (unpaired) electrons. The van der Waals surface area contributed by atoms with E-state index < -0.39 is 0 Å². The maximum absolute atomic E-state index is 13.2. The van der Waals surface area contributed by atoms with E-state index in [1.165, 1.54) is 4.68 Å². The fourth-order valence-corrected chi connectivity index (χ4v) is 3.55. The third kappa shape index (κ3) is 4.05. The van der Waals surface area contributed by atoms with Crippen LogP contribution in [0.15, 0.2) is 44.7 Å². The molecule has 152 valence electrons. The van der Waals surface area contributed by atoms with Crippen molar-refractivity contribution in [2.45, 2.75) is 33.1 Å². The molecule has 0 fully saturated rings. The lowest BCUT2D eigenvalue weighted by atomic mass is 10.1. The minimum absolute atomic E-state index is 0.0763. The largest absolute Gasteiger partial charge is 0.496 e. The highest BCUT2D eigenvalue weighted by atomic mass is 79.9. The van der Waals surface area contributed by atoms with E-state index in [4.69, 9.17) is 14.5 Å². The maximum atomic E-state index is 13.2. The van der Waals surface area contributed by atoms with Gasteiger partial charge in [-0.25, -0.2) is 4.98 Å². The summed E-state index contributed by atoms with van der Waals surface area (Å²) in [5, 5.41) is 5.03. The van der Waals surface area contributed by atoms with Crippen molar-refractivity contribution in [2.75, 3.05) is 14.2 Å². The Morgan fingerprint density at radius 2 is 2.00 bits per heavy atom. The van der Waals surface area contributed by atoms with Gasteiger partial charge in [-0.05, 0) is 43.7 Å². The zero-order chi connectivity index (χ0) is 21.1. The Kier molecular flexibility index (Phi) is 6.37. The highest BCUT2D eigenvalue weighted by Crippen LogP contribution is 2.30. The Morgan fingerprint density at radius 3 is 2.66 bits per heavy atom. The van der Waals surface area contributed by atoms with Crippen LogP contribution >= 0.6 is 15.9 Å². The van der Waals surface area contributed by atoms with E-state index in [0.29, 0.717) is 22.5 Å². The Bertz CT molecular complexity index is 1140. The number of aromatic nitrogens is 2. The second kappa shape index (κ2) is 8.78. The van der Waals surface area contributed by atoms with Gasteiger partial charge < -0.3 is 9.47 Å². The number of hydrogen-bond acceptors (Lipinski definition) is 5. The van der Waals surface area contributed by atoms with E-state index in [1.54, 1.807) is 26.5 Å². The standard InChI is InChI=1S/C22H24BrN3O3/c1-6-13(2)21-25-18-9-8-16(23)11-17(18)22(27)26(21)24-12-15-7-10-19(28-4)14(3)20(15)29-5/h7-13H,6H2,1-5H3/t13-/m1/s1. The van der Waals surface area contributed by atoms with Gasteiger partial charge in [-0.1, -0.05) is 29.8 Å². The van der Waals surface area contributed by atoms with Gasteiger partial charge in [0.25, 0.3) is 5.56 Å². The molecule has 1 heterocycles. The number of benzene rings is 2. The summed E-state index contributed by atoms with van der Waals surface area (Å²) in [6.45, 7) is 6.02. The van der Waals surface area contributed by atoms with Gasteiger partial charge in [0.1, 0.15) is 17.3 Å². The molecule has 0 saturated heterocycles. The number of hydrogen-bond donors (Lipinski definition) is 0. The summed E-state index contributed by atoms with van der Waals surface area (Å²) < 4.78 is 13.1. The molecule has 0 aliphatic carbocycles. The molecular formula is C22H24BrN3O3. The quantitative estimate of drug-likeness (QED) is 0.494. The SMILES string of the molecule is CC[C@@H](C)c1nc2ccc(Br)cc2c(=O)n1N=Cc1ccc(OC)c(C)c1OC. The summed E-state index contributed by atoms with van der Waals surface area (Å²) in [5.41, 5.74) is 2.08. The van der Waals surface area contributed by atoms with Crippen LogP contribution in [0.3, 0.4) is 0 Å². The van der Waals surface area contributed by atoms with Crippen LogP contribution in [0, 0.1) is 6.92 Å². The van der Waals surface area contributed by atoms with Crippen LogP contribution in [0.25, 0.3) is 10.9 Å². The summed E-state index contributed by atoms with van der Waals surface area (Å²) in [4.78, 5) is 17.9. The van der Waals surface area contributed by atoms with Crippen LogP contribution in [0.5, 0.6) is 11.5 Å². The lowest BCUT2D eigenvalue weighted by Gasteiger charge is -2.15. The van der Waals surface area contributed by atoms with Gasteiger partial charge in [0, 0.05) is 21.5 Å². The Hall–Kier alpha value is -2.67. The van der Waals surface area contributed by atoms with E-state index in [2.05, 4.69) is 28.0 Å². The van der Waals surface area contributed by atoms with Crippen molar-refractivity contribution in [3.8, 4) is 11.5 Å². The summed E-state index contributed by atoms with van der Waals surface area (Å²) in [5.74, 6) is 2.09.